The second-order valence-corrected chi connectivity index (χ2v) is 7.18. The van der Waals surface area contributed by atoms with Gasteiger partial charge in [0.2, 0.25) is 0 Å². The molecule has 0 saturated heterocycles. The van der Waals surface area contributed by atoms with Crippen LogP contribution in [0.4, 0.5) is 5.82 Å². The first-order valence-electron chi connectivity index (χ1n) is 9.57. The molecule has 0 fully saturated rings. The highest BCUT2D eigenvalue weighted by atomic mass is 16.5. The molecule has 0 atom stereocenters. The first kappa shape index (κ1) is 21.5. The van der Waals surface area contributed by atoms with Crippen molar-refractivity contribution >= 4 is 35.5 Å². The van der Waals surface area contributed by atoms with Gasteiger partial charge in [0.05, 0.1) is 26.0 Å². The Labute approximate surface area is 175 Å². The highest BCUT2D eigenvalue weighted by Gasteiger charge is 2.17. The molecule has 8 nitrogen and oxygen atoms in total. The van der Waals surface area contributed by atoms with Gasteiger partial charge in [0.25, 0.3) is 0 Å². The Kier molecular flexibility index (Phi) is 6.86. The van der Waals surface area contributed by atoms with Crippen LogP contribution in [0.15, 0.2) is 47.8 Å². The minimum absolute atomic E-state index is 0.294. The molecule has 1 aromatic heterocycles. The minimum Gasteiger partial charge on any atom is -0.497 e. The van der Waals surface area contributed by atoms with E-state index in [9.17, 15) is 10.0 Å². The Hall–Kier alpha value is -3.17. The number of benzene rings is 2. The van der Waals surface area contributed by atoms with Crippen molar-refractivity contribution in [3.05, 3.63) is 48.3 Å². The van der Waals surface area contributed by atoms with Crippen molar-refractivity contribution in [3.8, 4) is 11.5 Å². The molecule has 156 valence electrons. The van der Waals surface area contributed by atoms with Crippen molar-refractivity contribution in [3.63, 3.8) is 0 Å². The molecule has 3 aromatic rings. The van der Waals surface area contributed by atoms with Crippen LogP contribution in [0, 0.1) is 5.92 Å². The van der Waals surface area contributed by atoms with Crippen LogP contribution < -0.4 is 19.9 Å². The summed E-state index contributed by atoms with van der Waals surface area (Å²) in [5, 5.41) is 26.2. The molecule has 0 radical (unpaired) electrons. The third-order valence-corrected chi connectivity index (χ3v) is 4.49. The second-order valence-electron chi connectivity index (χ2n) is 7.18. The van der Waals surface area contributed by atoms with Crippen molar-refractivity contribution in [2.24, 2.45) is 11.0 Å². The second kappa shape index (κ2) is 9.56. The van der Waals surface area contributed by atoms with Gasteiger partial charge in [-0.25, -0.2) is 15.0 Å². The number of hydrogen-bond acceptors (Lipinski definition) is 8. The smallest absolute Gasteiger partial charge is 0.492 e. The number of methoxy groups -OCH3 is 2. The molecule has 9 heteroatoms. The van der Waals surface area contributed by atoms with Crippen LogP contribution in [0.3, 0.4) is 0 Å². The fourth-order valence-corrected chi connectivity index (χ4v) is 3.05. The summed E-state index contributed by atoms with van der Waals surface area (Å²) in [6.07, 6.45) is 3.21. The van der Waals surface area contributed by atoms with Crippen molar-refractivity contribution in [2.45, 2.75) is 13.8 Å². The molecule has 0 unspecified atom stereocenters. The number of fused-ring (bicyclic) bond motifs is 1. The lowest BCUT2D eigenvalue weighted by molar-refractivity contribution is 0.403. The van der Waals surface area contributed by atoms with Crippen molar-refractivity contribution in [2.75, 3.05) is 25.8 Å². The lowest BCUT2D eigenvalue weighted by Gasteiger charge is -2.21. The largest absolute Gasteiger partial charge is 0.497 e. The van der Waals surface area contributed by atoms with Crippen LogP contribution in [-0.4, -0.2) is 54.1 Å². The average Bonchev–Trinajstić information content (AvgIpc) is 2.75. The van der Waals surface area contributed by atoms with Crippen LogP contribution in [0.5, 0.6) is 11.5 Å². The van der Waals surface area contributed by atoms with E-state index in [1.165, 1.54) is 13.4 Å². The Morgan fingerprint density at radius 1 is 1.10 bits per heavy atom. The zero-order valence-electron chi connectivity index (χ0n) is 17.5. The first-order chi connectivity index (χ1) is 14.4. The molecule has 0 aliphatic carbocycles. The third kappa shape index (κ3) is 4.87. The normalized spacial score (nSPS) is 11.3. The fraction of sp³-hybridized carbons (Fsp3) is 0.286. The standard InChI is InChI=1S/C21H25BN4O4/c1-14(2)12-26(21-17-10-16(29-3)6-8-19(17)23-13-24-21)25-11-15-5-7-18(22(27)28)20(9-15)30-4/h5-11,13-14,27-28H,12H2,1-4H3/b25-11+. The summed E-state index contributed by atoms with van der Waals surface area (Å²) in [6, 6.07) is 10.7. The molecule has 0 aliphatic rings. The van der Waals surface area contributed by atoms with Gasteiger partial charge in [-0.3, -0.25) is 0 Å². The van der Waals surface area contributed by atoms with Crippen LogP contribution in [-0.2, 0) is 0 Å². The molecule has 3 rings (SSSR count). The van der Waals surface area contributed by atoms with Gasteiger partial charge in [0.1, 0.15) is 17.8 Å². The maximum Gasteiger partial charge on any atom is 0.492 e. The molecule has 2 N–H and O–H groups in total. The van der Waals surface area contributed by atoms with Gasteiger partial charge in [-0.05, 0) is 35.7 Å². The molecule has 2 aromatic carbocycles. The zero-order valence-corrected chi connectivity index (χ0v) is 17.5. The van der Waals surface area contributed by atoms with E-state index in [0.717, 1.165) is 22.2 Å². The highest BCUT2D eigenvalue weighted by Crippen LogP contribution is 2.27. The van der Waals surface area contributed by atoms with E-state index in [1.54, 1.807) is 31.5 Å². The summed E-state index contributed by atoms with van der Waals surface area (Å²) in [5.74, 6) is 2.11. The zero-order chi connectivity index (χ0) is 21.7. The molecule has 30 heavy (non-hydrogen) atoms. The molecule has 0 spiro atoms. The van der Waals surface area contributed by atoms with E-state index in [0.29, 0.717) is 29.5 Å². The Morgan fingerprint density at radius 2 is 1.90 bits per heavy atom. The van der Waals surface area contributed by atoms with Crippen molar-refractivity contribution in [1.82, 2.24) is 9.97 Å². The minimum atomic E-state index is -1.61. The van der Waals surface area contributed by atoms with Gasteiger partial charge in [0, 0.05) is 17.4 Å². The predicted octanol–water partition coefficient (Wildman–Crippen LogP) is 1.82. The maximum absolute atomic E-state index is 9.45. The average molecular weight is 408 g/mol. The van der Waals surface area contributed by atoms with E-state index in [-0.39, 0.29) is 0 Å². The van der Waals surface area contributed by atoms with E-state index >= 15 is 0 Å². The van der Waals surface area contributed by atoms with Gasteiger partial charge in [-0.15, -0.1) is 0 Å². The fourth-order valence-electron chi connectivity index (χ4n) is 3.05. The van der Waals surface area contributed by atoms with Gasteiger partial charge in [-0.2, -0.15) is 5.10 Å². The van der Waals surface area contributed by atoms with Crippen LogP contribution in [0.1, 0.15) is 19.4 Å². The van der Waals surface area contributed by atoms with Crippen LogP contribution in [0.25, 0.3) is 10.9 Å². The lowest BCUT2D eigenvalue weighted by Crippen LogP contribution is -2.31. The summed E-state index contributed by atoms with van der Waals surface area (Å²) in [4.78, 5) is 8.81. The third-order valence-electron chi connectivity index (χ3n) is 4.49. The van der Waals surface area contributed by atoms with Crippen molar-refractivity contribution in [1.29, 1.82) is 0 Å². The summed E-state index contributed by atoms with van der Waals surface area (Å²) >= 11 is 0. The summed E-state index contributed by atoms with van der Waals surface area (Å²) in [6.45, 7) is 4.85. The number of hydrogen-bond donors (Lipinski definition) is 2. The van der Waals surface area contributed by atoms with E-state index < -0.39 is 7.12 Å². The Balaban J connectivity index is 2.01. The predicted molar refractivity (Wildman–Crippen MR) is 119 cm³/mol. The highest BCUT2D eigenvalue weighted by molar-refractivity contribution is 6.59. The topological polar surface area (TPSA) is 100 Å². The number of anilines is 1. The van der Waals surface area contributed by atoms with Gasteiger partial charge >= 0.3 is 7.12 Å². The van der Waals surface area contributed by atoms with Crippen molar-refractivity contribution < 1.29 is 19.5 Å². The summed E-state index contributed by atoms with van der Waals surface area (Å²) < 4.78 is 10.6. The molecule has 0 amide bonds. The summed E-state index contributed by atoms with van der Waals surface area (Å²) in [7, 11) is 1.49. The summed E-state index contributed by atoms with van der Waals surface area (Å²) in [5.41, 5.74) is 1.84. The number of aromatic nitrogens is 2. The lowest BCUT2D eigenvalue weighted by atomic mass is 9.79. The Bertz CT molecular complexity index is 1040. The van der Waals surface area contributed by atoms with E-state index in [4.69, 9.17) is 9.47 Å². The molecule has 0 aliphatic heterocycles. The molecular weight excluding hydrogens is 383 g/mol. The van der Waals surface area contributed by atoms with Gasteiger partial charge in [-0.1, -0.05) is 26.0 Å². The molecular formula is C21H25BN4O4. The van der Waals surface area contributed by atoms with Gasteiger partial charge < -0.3 is 19.5 Å². The number of nitrogens with zero attached hydrogens (tertiary/aromatic N) is 4. The van der Waals surface area contributed by atoms with Crippen LogP contribution >= 0.6 is 0 Å². The quantitative estimate of drug-likeness (QED) is 0.333. The monoisotopic (exact) mass is 408 g/mol. The van der Waals surface area contributed by atoms with E-state index in [1.807, 2.05) is 23.2 Å². The van der Waals surface area contributed by atoms with Crippen LogP contribution in [0.2, 0.25) is 0 Å². The first-order valence-corrected chi connectivity index (χ1v) is 9.57. The molecule has 0 saturated carbocycles. The SMILES string of the molecule is COc1ccc2ncnc(N(CC(C)C)/N=C/c3ccc(B(O)O)c(OC)c3)c2c1. The Morgan fingerprint density at radius 3 is 2.57 bits per heavy atom. The van der Waals surface area contributed by atoms with E-state index in [2.05, 4.69) is 28.9 Å². The number of rotatable bonds is 8. The maximum atomic E-state index is 9.45. The number of ether oxygens (including phenoxy) is 2. The van der Waals surface area contributed by atoms with Gasteiger partial charge in [0.15, 0.2) is 5.82 Å². The number of hydrazone groups is 1. The molecule has 1 heterocycles. The molecule has 0 bridgehead atoms.